The second-order valence-electron chi connectivity index (χ2n) is 4.69. The largest absolute Gasteiger partial charge is 0.381 e. The number of hydrogen-bond donors (Lipinski definition) is 2. The third-order valence-corrected chi connectivity index (χ3v) is 4.82. The van der Waals surface area contributed by atoms with Gasteiger partial charge in [-0.1, -0.05) is 18.2 Å². The maximum absolute atomic E-state index is 5.93. The standard InChI is InChI=1S/C14H21N3OS.HI/c1-19-14(7-9-18-10-8-14)11-16-13(15)17-12-5-3-2-4-6-12;/h2-6H,7-11H2,1H3,(H3,15,16,17);1H. The minimum atomic E-state index is 0. The summed E-state index contributed by atoms with van der Waals surface area (Å²) < 4.78 is 5.60. The molecule has 0 unspecified atom stereocenters. The van der Waals surface area contributed by atoms with E-state index in [4.69, 9.17) is 10.5 Å². The first kappa shape index (κ1) is 17.6. The number of para-hydroxylation sites is 1. The first-order chi connectivity index (χ1) is 9.24. The predicted molar refractivity (Wildman–Crippen MR) is 98.3 cm³/mol. The van der Waals surface area contributed by atoms with E-state index in [2.05, 4.69) is 16.6 Å². The third-order valence-electron chi connectivity index (χ3n) is 3.42. The number of benzene rings is 1. The Bertz CT molecular complexity index is 422. The van der Waals surface area contributed by atoms with Crippen molar-refractivity contribution in [3.63, 3.8) is 0 Å². The molecule has 0 spiro atoms. The van der Waals surface area contributed by atoms with E-state index < -0.39 is 0 Å². The van der Waals surface area contributed by atoms with Crippen molar-refractivity contribution in [3.8, 4) is 0 Å². The van der Waals surface area contributed by atoms with Gasteiger partial charge in [-0.25, -0.2) is 0 Å². The zero-order valence-electron chi connectivity index (χ0n) is 11.7. The molecule has 0 amide bonds. The molecule has 1 saturated heterocycles. The summed E-state index contributed by atoms with van der Waals surface area (Å²) >= 11 is 1.87. The minimum absolute atomic E-state index is 0. The van der Waals surface area contributed by atoms with Crippen LogP contribution in [0.15, 0.2) is 35.3 Å². The molecule has 0 atom stereocenters. The molecule has 20 heavy (non-hydrogen) atoms. The second-order valence-corrected chi connectivity index (χ2v) is 5.97. The zero-order chi connectivity index (χ0) is 13.6. The third kappa shape index (κ3) is 5.14. The van der Waals surface area contributed by atoms with Crippen molar-refractivity contribution in [3.05, 3.63) is 30.3 Å². The van der Waals surface area contributed by atoms with Gasteiger partial charge >= 0.3 is 0 Å². The van der Waals surface area contributed by atoms with Gasteiger partial charge in [-0.15, -0.1) is 24.0 Å². The van der Waals surface area contributed by atoms with Gasteiger partial charge in [0.05, 0.1) is 6.54 Å². The molecule has 0 aromatic heterocycles. The van der Waals surface area contributed by atoms with E-state index in [0.717, 1.165) is 38.3 Å². The molecular weight excluding hydrogens is 385 g/mol. The molecule has 1 aromatic rings. The van der Waals surface area contributed by atoms with Gasteiger partial charge in [-0.2, -0.15) is 11.8 Å². The van der Waals surface area contributed by atoms with E-state index in [1.165, 1.54) is 0 Å². The van der Waals surface area contributed by atoms with Crippen molar-refractivity contribution in [1.82, 2.24) is 0 Å². The summed E-state index contributed by atoms with van der Waals surface area (Å²) in [4.78, 5) is 4.49. The number of hydrogen-bond acceptors (Lipinski definition) is 3. The van der Waals surface area contributed by atoms with Crippen LogP contribution in [0.4, 0.5) is 5.69 Å². The normalized spacial score (nSPS) is 18.1. The molecule has 0 radical (unpaired) electrons. The Morgan fingerprint density at radius 3 is 2.60 bits per heavy atom. The van der Waals surface area contributed by atoms with Crippen LogP contribution in [0.1, 0.15) is 12.8 Å². The van der Waals surface area contributed by atoms with Crippen LogP contribution in [0.3, 0.4) is 0 Å². The molecule has 0 aliphatic carbocycles. The van der Waals surface area contributed by atoms with Crippen LogP contribution in [0, 0.1) is 0 Å². The van der Waals surface area contributed by atoms with E-state index in [9.17, 15) is 0 Å². The Labute approximate surface area is 142 Å². The van der Waals surface area contributed by atoms with Crippen LogP contribution in [0.5, 0.6) is 0 Å². The van der Waals surface area contributed by atoms with Crippen molar-refractivity contribution < 1.29 is 4.74 Å². The Morgan fingerprint density at radius 1 is 1.35 bits per heavy atom. The summed E-state index contributed by atoms with van der Waals surface area (Å²) in [6, 6.07) is 9.86. The Hall–Kier alpha value is -0.470. The molecule has 112 valence electrons. The number of nitrogens with one attached hydrogen (secondary N) is 1. The van der Waals surface area contributed by atoms with Gasteiger partial charge in [-0.05, 0) is 31.2 Å². The summed E-state index contributed by atoms with van der Waals surface area (Å²) in [5.74, 6) is 0.478. The van der Waals surface area contributed by atoms with Gasteiger partial charge in [0.15, 0.2) is 5.96 Å². The van der Waals surface area contributed by atoms with Gasteiger partial charge in [0.25, 0.3) is 0 Å². The van der Waals surface area contributed by atoms with Crippen LogP contribution < -0.4 is 11.1 Å². The Balaban J connectivity index is 0.00000200. The smallest absolute Gasteiger partial charge is 0.193 e. The second kappa shape index (κ2) is 8.74. The summed E-state index contributed by atoms with van der Waals surface area (Å²) in [6.45, 7) is 2.38. The zero-order valence-corrected chi connectivity index (χ0v) is 14.8. The summed E-state index contributed by atoms with van der Waals surface area (Å²) in [7, 11) is 0. The molecule has 1 aromatic carbocycles. The Kier molecular flexibility index (Phi) is 7.68. The fourth-order valence-corrected chi connectivity index (χ4v) is 2.88. The number of thioether (sulfide) groups is 1. The van der Waals surface area contributed by atoms with Crippen LogP contribution >= 0.6 is 35.7 Å². The maximum atomic E-state index is 5.93. The average molecular weight is 407 g/mol. The van der Waals surface area contributed by atoms with Crippen molar-refractivity contribution in [2.45, 2.75) is 17.6 Å². The summed E-state index contributed by atoms with van der Waals surface area (Å²) in [5.41, 5.74) is 6.90. The average Bonchev–Trinajstić information content (AvgIpc) is 2.47. The number of nitrogens with zero attached hydrogens (tertiary/aromatic N) is 1. The Morgan fingerprint density at radius 2 is 2.00 bits per heavy atom. The highest BCUT2D eigenvalue weighted by molar-refractivity contribution is 14.0. The number of halogens is 1. The van der Waals surface area contributed by atoms with Gasteiger partial charge in [0, 0.05) is 23.6 Å². The van der Waals surface area contributed by atoms with Crippen molar-refractivity contribution in [2.75, 3.05) is 31.3 Å². The molecule has 1 aliphatic rings. The molecule has 0 saturated carbocycles. The first-order valence-corrected chi connectivity index (χ1v) is 7.71. The highest BCUT2D eigenvalue weighted by atomic mass is 127. The molecule has 0 bridgehead atoms. The highest BCUT2D eigenvalue weighted by Gasteiger charge is 2.31. The maximum Gasteiger partial charge on any atom is 0.193 e. The SMILES string of the molecule is CSC1(CN=C(N)Nc2ccccc2)CCOCC1.I. The molecule has 6 heteroatoms. The lowest BCUT2D eigenvalue weighted by Crippen LogP contribution is -2.37. The lowest BCUT2D eigenvalue weighted by molar-refractivity contribution is 0.0794. The molecular formula is C14H22IN3OS. The molecule has 1 aliphatic heterocycles. The molecule has 2 rings (SSSR count). The van der Waals surface area contributed by atoms with Gasteiger partial charge in [0.1, 0.15) is 0 Å². The highest BCUT2D eigenvalue weighted by Crippen LogP contribution is 2.33. The van der Waals surface area contributed by atoms with Crippen LogP contribution in [0.25, 0.3) is 0 Å². The van der Waals surface area contributed by atoms with Crippen LogP contribution in [-0.2, 0) is 4.74 Å². The number of aliphatic imine (C=N–C) groups is 1. The van der Waals surface area contributed by atoms with Crippen molar-refractivity contribution in [2.24, 2.45) is 10.7 Å². The molecule has 1 fully saturated rings. The van der Waals surface area contributed by atoms with Gasteiger partial charge < -0.3 is 15.8 Å². The molecule has 3 N–H and O–H groups in total. The quantitative estimate of drug-likeness (QED) is 0.458. The minimum Gasteiger partial charge on any atom is -0.381 e. The molecule has 1 heterocycles. The monoisotopic (exact) mass is 407 g/mol. The number of rotatable bonds is 4. The van der Waals surface area contributed by atoms with Crippen molar-refractivity contribution in [1.29, 1.82) is 0 Å². The van der Waals surface area contributed by atoms with Gasteiger partial charge in [0.2, 0.25) is 0 Å². The number of ether oxygens (including phenoxy) is 1. The fraction of sp³-hybridized carbons (Fsp3) is 0.500. The fourth-order valence-electron chi connectivity index (χ4n) is 2.11. The summed E-state index contributed by atoms with van der Waals surface area (Å²) in [6.07, 6.45) is 4.22. The summed E-state index contributed by atoms with van der Waals surface area (Å²) in [5, 5.41) is 3.11. The lowest BCUT2D eigenvalue weighted by atomic mass is 9.99. The number of guanidine groups is 1. The number of nitrogens with two attached hydrogens (primary N) is 1. The van der Waals surface area contributed by atoms with E-state index >= 15 is 0 Å². The van der Waals surface area contributed by atoms with Crippen molar-refractivity contribution >= 4 is 47.4 Å². The van der Waals surface area contributed by atoms with E-state index in [1.54, 1.807) is 0 Å². The predicted octanol–water partition coefficient (Wildman–Crippen LogP) is 2.94. The van der Waals surface area contributed by atoms with Crippen LogP contribution in [0.2, 0.25) is 0 Å². The van der Waals surface area contributed by atoms with Crippen LogP contribution in [-0.4, -0.2) is 36.7 Å². The van der Waals surface area contributed by atoms with E-state index in [1.807, 2.05) is 42.1 Å². The molecule has 4 nitrogen and oxygen atoms in total. The number of anilines is 1. The topological polar surface area (TPSA) is 59.6 Å². The first-order valence-electron chi connectivity index (χ1n) is 6.49. The van der Waals surface area contributed by atoms with Gasteiger partial charge in [-0.3, -0.25) is 4.99 Å². The van der Waals surface area contributed by atoms with E-state index in [0.29, 0.717) is 5.96 Å². The lowest BCUT2D eigenvalue weighted by Gasteiger charge is -2.34. The van der Waals surface area contributed by atoms with E-state index in [-0.39, 0.29) is 28.7 Å².